The summed E-state index contributed by atoms with van der Waals surface area (Å²) >= 11 is 0. The van der Waals surface area contributed by atoms with Crippen molar-refractivity contribution in [3.05, 3.63) is 42.4 Å². The Labute approximate surface area is 134 Å². The highest BCUT2D eigenvalue weighted by Gasteiger charge is 2.20. The first-order valence-electron chi connectivity index (χ1n) is 7.62. The van der Waals surface area contributed by atoms with Crippen molar-refractivity contribution in [3.63, 3.8) is 0 Å². The molecule has 0 unspecified atom stereocenters. The topological polar surface area (TPSA) is 110 Å². The van der Waals surface area contributed by atoms with Crippen molar-refractivity contribution in [2.45, 2.75) is 18.9 Å². The van der Waals surface area contributed by atoms with Gasteiger partial charge in [0, 0.05) is 31.5 Å². The first-order chi connectivity index (χ1) is 11.1. The maximum atomic E-state index is 12.4. The summed E-state index contributed by atoms with van der Waals surface area (Å²) in [6.07, 6.45) is 4.97. The van der Waals surface area contributed by atoms with Crippen molar-refractivity contribution in [1.29, 1.82) is 0 Å². The van der Waals surface area contributed by atoms with E-state index in [0.29, 0.717) is 0 Å². The van der Waals surface area contributed by atoms with Crippen LogP contribution in [0.1, 0.15) is 23.3 Å². The van der Waals surface area contributed by atoms with E-state index < -0.39 is 0 Å². The minimum atomic E-state index is -0.371. The maximum absolute atomic E-state index is 12.4. The molecule has 1 amide bonds. The molecule has 7 heteroatoms. The van der Waals surface area contributed by atoms with Gasteiger partial charge in [-0.2, -0.15) is 0 Å². The number of para-hydroxylation sites is 2. The van der Waals surface area contributed by atoms with Crippen molar-refractivity contribution in [1.82, 2.24) is 9.97 Å². The van der Waals surface area contributed by atoms with Crippen LogP contribution >= 0.6 is 0 Å². The third-order valence-electron chi connectivity index (χ3n) is 3.89. The fourth-order valence-corrected chi connectivity index (χ4v) is 2.79. The van der Waals surface area contributed by atoms with Crippen LogP contribution < -0.4 is 21.7 Å². The number of nitrogens with zero attached hydrogens (tertiary/aromatic N) is 3. The van der Waals surface area contributed by atoms with Gasteiger partial charge >= 0.3 is 0 Å². The lowest BCUT2D eigenvalue weighted by Gasteiger charge is -2.33. The van der Waals surface area contributed by atoms with E-state index in [2.05, 4.69) is 20.2 Å². The predicted octanol–water partition coefficient (Wildman–Crippen LogP) is 1.24. The number of piperidine rings is 1. The summed E-state index contributed by atoms with van der Waals surface area (Å²) in [6.45, 7) is 1.70. The van der Waals surface area contributed by atoms with Crippen LogP contribution in [0.5, 0.6) is 0 Å². The van der Waals surface area contributed by atoms with Gasteiger partial charge in [-0.3, -0.25) is 4.79 Å². The molecule has 3 rings (SSSR count). The third kappa shape index (κ3) is 3.40. The van der Waals surface area contributed by atoms with Crippen molar-refractivity contribution in [3.8, 4) is 0 Å². The van der Waals surface area contributed by atoms with Gasteiger partial charge in [0.05, 0.1) is 11.4 Å². The molecule has 7 nitrogen and oxygen atoms in total. The molecule has 1 aromatic heterocycles. The number of nitrogens with two attached hydrogens (primary N) is 2. The molecule has 2 heterocycles. The van der Waals surface area contributed by atoms with Gasteiger partial charge in [-0.05, 0) is 25.0 Å². The molecular weight excluding hydrogens is 292 g/mol. The number of carbonyl (C=O) groups is 1. The molecular formula is C16H20N6O. The average Bonchev–Trinajstić information content (AvgIpc) is 2.55. The van der Waals surface area contributed by atoms with Crippen LogP contribution in [0.15, 0.2) is 36.7 Å². The predicted molar refractivity (Wildman–Crippen MR) is 90.3 cm³/mol. The summed E-state index contributed by atoms with van der Waals surface area (Å²) in [5.41, 5.74) is 13.6. The summed E-state index contributed by atoms with van der Waals surface area (Å²) in [7, 11) is 0. The SMILES string of the molecule is Nc1nccnc1C(=O)Nc1ccccc1N1CCC[C@H](N)C1. The van der Waals surface area contributed by atoms with Gasteiger partial charge in [0.15, 0.2) is 11.5 Å². The van der Waals surface area contributed by atoms with Gasteiger partial charge in [-0.1, -0.05) is 12.1 Å². The number of benzene rings is 1. The summed E-state index contributed by atoms with van der Waals surface area (Å²) in [4.78, 5) is 22.5. The zero-order chi connectivity index (χ0) is 16.2. The monoisotopic (exact) mass is 312 g/mol. The van der Waals surface area contributed by atoms with Crippen molar-refractivity contribution in [2.24, 2.45) is 5.73 Å². The van der Waals surface area contributed by atoms with E-state index in [1.54, 1.807) is 0 Å². The Bertz CT molecular complexity index is 704. The Balaban J connectivity index is 1.83. The minimum Gasteiger partial charge on any atom is -0.382 e. The number of hydrogen-bond donors (Lipinski definition) is 3. The van der Waals surface area contributed by atoms with Gasteiger partial charge in [0.2, 0.25) is 0 Å². The molecule has 0 saturated carbocycles. The largest absolute Gasteiger partial charge is 0.382 e. The lowest BCUT2D eigenvalue weighted by atomic mass is 10.1. The number of amides is 1. The zero-order valence-corrected chi connectivity index (χ0v) is 12.8. The number of hydrogen-bond acceptors (Lipinski definition) is 6. The summed E-state index contributed by atoms with van der Waals surface area (Å²) in [5.74, 6) is -0.258. The van der Waals surface area contributed by atoms with Crippen LogP contribution in [-0.4, -0.2) is 35.0 Å². The number of nitrogen functional groups attached to an aromatic ring is 1. The quantitative estimate of drug-likeness (QED) is 0.786. The van der Waals surface area contributed by atoms with Crippen LogP contribution in [0.4, 0.5) is 17.2 Å². The minimum absolute atomic E-state index is 0.113. The fourth-order valence-electron chi connectivity index (χ4n) is 2.79. The summed E-state index contributed by atoms with van der Waals surface area (Å²) < 4.78 is 0. The van der Waals surface area contributed by atoms with Crippen molar-refractivity contribution >= 4 is 23.1 Å². The molecule has 1 atom stereocenters. The molecule has 0 bridgehead atoms. The Morgan fingerprint density at radius 2 is 2.04 bits per heavy atom. The number of rotatable bonds is 3. The summed E-state index contributed by atoms with van der Waals surface area (Å²) in [5, 5.41) is 2.88. The third-order valence-corrected chi connectivity index (χ3v) is 3.89. The van der Waals surface area contributed by atoms with E-state index in [4.69, 9.17) is 11.5 Å². The van der Waals surface area contributed by atoms with E-state index in [1.807, 2.05) is 24.3 Å². The maximum Gasteiger partial charge on any atom is 0.278 e. The van der Waals surface area contributed by atoms with E-state index in [1.165, 1.54) is 12.4 Å². The molecule has 5 N–H and O–H groups in total. The highest BCUT2D eigenvalue weighted by Crippen LogP contribution is 2.28. The van der Waals surface area contributed by atoms with Gasteiger partial charge in [-0.25, -0.2) is 9.97 Å². The van der Waals surface area contributed by atoms with Gasteiger partial charge in [-0.15, -0.1) is 0 Å². The van der Waals surface area contributed by atoms with Crippen LogP contribution in [0.2, 0.25) is 0 Å². The lowest BCUT2D eigenvalue weighted by Crippen LogP contribution is -2.43. The lowest BCUT2D eigenvalue weighted by molar-refractivity contribution is 0.102. The van der Waals surface area contributed by atoms with Crippen LogP contribution in [0.3, 0.4) is 0 Å². The van der Waals surface area contributed by atoms with Gasteiger partial charge in [0.1, 0.15) is 0 Å². The average molecular weight is 312 g/mol. The molecule has 1 aromatic carbocycles. The van der Waals surface area contributed by atoms with Crippen LogP contribution in [-0.2, 0) is 0 Å². The second-order valence-corrected chi connectivity index (χ2v) is 5.61. The highest BCUT2D eigenvalue weighted by molar-refractivity contribution is 6.07. The van der Waals surface area contributed by atoms with Gasteiger partial charge < -0.3 is 21.7 Å². The molecule has 0 aliphatic carbocycles. The van der Waals surface area contributed by atoms with Crippen molar-refractivity contribution < 1.29 is 4.79 Å². The highest BCUT2D eigenvalue weighted by atomic mass is 16.1. The smallest absolute Gasteiger partial charge is 0.278 e. The van der Waals surface area contributed by atoms with Crippen LogP contribution in [0, 0.1) is 0 Å². The molecule has 1 aliphatic heterocycles. The van der Waals surface area contributed by atoms with E-state index >= 15 is 0 Å². The van der Waals surface area contributed by atoms with Crippen LogP contribution in [0.25, 0.3) is 0 Å². The van der Waals surface area contributed by atoms with E-state index in [9.17, 15) is 4.79 Å². The molecule has 0 spiro atoms. The van der Waals surface area contributed by atoms with E-state index in [-0.39, 0.29) is 23.5 Å². The zero-order valence-electron chi connectivity index (χ0n) is 12.8. The second kappa shape index (κ2) is 6.62. The second-order valence-electron chi connectivity index (χ2n) is 5.61. The number of nitrogens with one attached hydrogen (secondary N) is 1. The molecule has 0 radical (unpaired) electrons. The molecule has 1 saturated heterocycles. The van der Waals surface area contributed by atoms with Gasteiger partial charge in [0.25, 0.3) is 5.91 Å². The first-order valence-corrected chi connectivity index (χ1v) is 7.62. The Morgan fingerprint density at radius 3 is 2.83 bits per heavy atom. The Hall–Kier alpha value is -2.67. The number of aromatic nitrogens is 2. The Morgan fingerprint density at radius 1 is 1.26 bits per heavy atom. The molecule has 2 aromatic rings. The number of carbonyl (C=O) groups excluding carboxylic acids is 1. The molecule has 23 heavy (non-hydrogen) atoms. The first kappa shape index (κ1) is 15.2. The fraction of sp³-hybridized carbons (Fsp3) is 0.312. The standard InChI is InChI=1S/C16H20N6O/c17-11-4-3-9-22(10-11)13-6-2-1-5-12(13)21-16(23)14-15(18)20-8-7-19-14/h1-2,5-8,11H,3-4,9-10,17H2,(H2,18,20)(H,21,23)/t11-/m0/s1. The Kier molecular flexibility index (Phi) is 4.38. The normalized spacial score (nSPS) is 17.8. The summed E-state index contributed by atoms with van der Waals surface area (Å²) in [6, 6.07) is 7.82. The molecule has 1 aliphatic rings. The molecule has 1 fully saturated rings. The molecule has 120 valence electrons. The van der Waals surface area contributed by atoms with Crippen molar-refractivity contribution in [2.75, 3.05) is 29.0 Å². The van der Waals surface area contributed by atoms with E-state index in [0.717, 1.165) is 37.3 Å². The number of anilines is 3.